The Morgan fingerprint density at radius 3 is 2.60 bits per heavy atom. The van der Waals surface area contributed by atoms with Crippen LogP contribution in [0.4, 0.5) is 0 Å². The molecule has 1 amide bonds. The van der Waals surface area contributed by atoms with Gasteiger partial charge >= 0.3 is 0 Å². The molecule has 0 aromatic carbocycles. The molecule has 0 spiro atoms. The summed E-state index contributed by atoms with van der Waals surface area (Å²) in [4.78, 5) is 14.0. The summed E-state index contributed by atoms with van der Waals surface area (Å²) in [5.41, 5.74) is 5.29. The summed E-state index contributed by atoms with van der Waals surface area (Å²) in [7, 11) is 0. The first-order chi connectivity index (χ1) is 6.88. The average Bonchev–Trinajstić information content (AvgIpc) is 2.65. The largest absolute Gasteiger partial charge is 0.341 e. The van der Waals surface area contributed by atoms with Gasteiger partial charge in [-0.1, -0.05) is 20.8 Å². The minimum Gasteiger partial charge on any atom is -0.341 e. The molecule has 0 radical (unpaired) electrons. The number of carbonyl (C=O) groups is 1. The Balaban J connectivity index is 2.58. The summed E-state index contributed by atoms with van der Waals surface area (Å²) in [6.07, 6.45) is 1.83. The first-order valence-electron chi connectivity index (χ1n) is 5.96. The Kier molecular flexibility index (Phi) is 3.77. The summed E-state index contributed by atoms with van der Waals surface area (Å²) < 4.78 is 0. The van der Waals surface area contributed by atoms with Crippen LogP contribution in [0.5, 0.6) is 0 Å². The van der Waals surface area contributed by atoms with E-state index in [4.69, 9.17) is 5.73 Å². The molecule has 1 heterocycles. The molecule has 0 aromatic heterocycles. The molecule has 1 rings (SSSR count). The van der Waals surface area contributed by atoms with E-state index in [1.165, 1.54) is 0 Å². The standard InChI is InChI=1S/C12H24N2O/c1-5-12(4,13)11(15)14-7-6-10(8-14)9(2)3/h9-10H,5-8,13H2,1-4H3. The minimum absolute atomic E-state index is 0.119. The monoisotopic (exact) mass is 212 g/mol. The molecule has 1 aliphatic rings. The zero-order valence-electron chi connectivity index (χ0n) is 10.4. The topological polar surface area (TPSA) is 46.3 Å². The molecule has 0 aliphatic carbocycles. The fraction of sp³-hybridized carbons (Fsp3) is 0.917. The maximum absolute atomic E-state index is 12.1. The summed E-state index contributed by atoms with van der Waals surface area (Å²) in [6.45, 7) is 10.0. The molecular weight excluding hydrogens is 188 g/mol. The highest BCUT2D eigenvalue weighted by molar-refractivity contribution is 5.85. The van der Waals surface area contributed by atoms with E-state index in [0.717, 1.165) is 19.5 Å². The van der Waals surface area contributed by atoms with Crippen LogP contribution in [0.15, 0.2) is 0 Å². The average molecular weight is 212 g/mol. The van der Waals surface area contributed by atoms with Crippen LogP contribution in [0.2, 0.25) is 0 Å². The lowest BCUT2D eigenvalue weighted by Crippen LogP contribution is -2.52. The number of nitrogens with two attached hydrogens (primary N) is 1. The van der Waals surface area contributed by atoms with Gasteiger partial charge in [-0.15, -0.1) is 0 Å². The fourth-order valence-electron chi connectivity index (χ4n) is 2.03. The van der Waals surface area contributed by atoms with Gasteiger partial charge in [-0.25, -0.2) is 0 Å². The van der Waals surface area contributed by atoms with Gasteiger partial charge in [0.25, 0.3) is 0 Å². The maximum atomic E-state index is 12.1. The van der Waals surface area contributed by atoms with Crippen LogP contribution in [-0.4, -0.2) is 29.4 Å². The molecule has 88 valence electrons. The van der Waals surface area contributed by atoms with E-state index < -0.39 is 5.54 Å². The molecule has 1 saturated heterocycles. The van der Waals surface area contributed by atoms with Gasteiger partial charge in [-0.3, -0.25) is 4.79 Å². The van der Waals surface area contributed by atoms with Crippen LogP contribution in [0.25, 0.3) is 0 Å². The smallest absolute Gasteiger partial charge is 0.242 e. The molecule has 0 aromatic rings. The highest BCUT2D eigenvalue weighted by Gasteiger charge is 2.35. The van der Waals surface area contributed by atoms with Crippen LogP contribution in [-0.2, 0) is 4.79 Å². The number of rotatable bonds is 3. The summed E-state index contributed by atoms with van der Waals surface area (Å²) in [5.74, 6) is 1.43. The fourth-order valence-corrected chi connectivity index (χ4v) is 2.03. The van der Waals surface area contributed by atoms with Crippen molar-refractivity contribution in [3.63, 3.8) is 0 Å². The highest BCUT2D eigenvalue weighted by atomic mass is 16.2. The second-order valence-electron chi connectivity index (χ2n) is 5.31. The maximum Gasteiger partial charge on any atom is 0.242 e. The van der Waals surface area contributed by atoms with Crippen LogP contribution in [0.1, 0.15) is 40.5 Å². The SMILES string of the molecule is CCC(C)(N)C(=O)N1CCC(C(C)C)C1. The molecule has 3 nitrogen and oxygen atoms in total. The number of likely N-dealkylation sites (tertiary alicyclic amines) is 1. The molecule has 1 aliphatic heterocycles. The Labute approximate surface area is 93.0 Å². The third-order valence-corrected chi connectivity index (χ3v) is 3.68. The predicted octanol–water partition coefficient (Wildman–Crippen LogP) is 1.62. The molecular formula is C12H24N2O. The lowest BCUT2D eigenvalue weighted by molar-refractivity contribution is -0.135. The Morgan fingerprint density at radius 1 is 1.60 bits per heavy atom. The van der Waals surface area contributed by atoms with E-state index in [1.54, 1.807) is 0 Å². The van der Waals surface area contributed by atoms with Crippen molar-refractivity contribution in [1.29, 1.82) is 0 Å². The molecule has 2 N–H and O–H groups in total. The van der Waals surface area contributed by atoms with Crippen molar-refractivity contribution in [3.8, 4) is 0 Å². The van der Waals surface area contributed by atoms with Crippen molar-refractivity contribution in [2.45, 2.75) is 46.1 Å². The van der Waals surface area contributed by atoms with E-state index >= 15 is 0 Å². The Morgan fingerprint density at radius 2 is 2.20 bits per heavy atom. The van der Waals surface area contributed by atoms with Crippen molar-refractivity contribution in [3.05, 3.63) is 0 Å². The van der Waals surface area contributed by atoms with Gasteiger partial charge in [0.2, 0.25) is 5.91 Å². The van der Waals surface area contributed by atoms with Gasteiger partial charge in [-0.05, 0) is 31.6 Å². The first-order valence-corrected chi connectivity index (χ1v) is 5.96. The second-order valence-corrected chi connectivity index (χ2v) is 5.31. The van der Waals surface area contributed by atoms with E-state index in [0.29, 0.717) is 18.3 Å². The van der Waals surface area contributed by atoms with E-state index in [-0.39, 0.29) is 5.91 Å². The van der Waals surface area contributed by atoms with Gasteiger partial charge in [0, 0.05) is 13.1 Å². The Hall–Kier alpha value is -0.570. The molecule has 15 heavy (non-hydrogen) atoms. The van der Waals surface area contributed by atoms with E-state index in [2.05, 4.69) is 13.8 Å². The Bertz CT molecular complexity index is 236. The number of nitrogens with zero attached hydrogens (tertiary/aromatic N) is 1. The molecule has 1 fully saturated rings. The van der Waals surface area contributed by atoms with Gasteiger partial charge < -0.3 is 10.6 Å². The molecule has 2 atom stereocenters. The summed E-state index contributed by atoms with van der Waals surface area (Å²) >= 11 is 0. The van der Waals surface area contributed by atoms with Crippen LogP contribution in [0, 0.1) is 11.8 Å². The van der Waals surface area contributed by atoms with Crippen LogP contribution < -0.4 is 5.73 Å². The number of hydrogen-bond acceptors (Lipinski definition) is 2. The lowest BCUT2D eigenvalue weighted by Gasteiger charge is -2.28. The zero-order chi connectivity index (χ0) is 11.6. The van der Waals surface area contributed by atoms with Gasteiger partial charge in [0.15, 0.2) is 0 Å². The van der Waals surface area contributed by atoms with E-state index in [9.17, 15) is 4.79 Å². The molecule has 2 unspecified atom stereocenters. The first kappa shape index (κ1) is 12.5. The molecule has 3 heteroatoms. The quantitative estimate of drug-likeness (QED) is 0.772. The predicted molar refractivity (Wildman–Crippen MR) is 62.4 cm³/mol. The van der Waals surface area contributed by atoms with Gasteiger partial charge in [0.05, 0.1) is 5.54 Å². The van der Waals surface area contributed by atoms with Crippen molar-refractivity contribution in [2.75, 3.05) is 13.1 Å². The summed E-state index contributed by atoms with van der Waals surface area (Å²) in [6, 6.07) is 0. The van der Waals surface area contributed by atoms with Gasteiger partial charge in [-0.2, -0.15) is 0 Å². The van der Waals surface area contributed by atoms with Crippen molar-refractivity contribution in [1.82, 2.24) is 4.90 Å². The third kappa shape index (κ3) is 2.71. The van der Waals surface area contributed by atoms with Crippen molar-refractivity contribution < 1.29 is 4.79 Å². The van der Waals surface area contributed by atoms with Crippen molar-refractivity contribution in [2.24, 2.45) is 17.6 Å². The van der Waals surface area contributed by atoms with Crippen LogP contribution >= 0.6 is 0 Å². The minimum atomic E-state index is -0.675. The number of amides is 1. The normalized spacial score (nSPS) is 25.7. The van der Waals surface area contributed by atoms with Gasteiger partial charge in [0.1, 0.15) is 0 Å². The zero-order valence-corrected chi connectivity index (χ0v) is 10.4. The van der Waals surface area contributed by atoms with Crippen molar-refractivity contribution >= 4 is 5.91 Å². The van der Waals surface area contributed by atoms with Crippen LogP contribution in [0.3, 0.4) is 0 Å². The number of carbonyl (C=O) groups excluding carboxylic acids is 1. The lowest BCUT2D eigenvalue weighted by atomic mass is 9.95. The highest BCUT2D eigenvalue weighted by Crippen LogP contribution is 2.25. The molecule has 0 bridgehead atoms. The summed E-state index contributed by atoms with van der Waals surface area (Å²) in [5, 5.41) is 0. The second kappa shape index (κ2) is 4.52. The third-order valence-electron chi connectivity index (χ3n) is 3.68. The molecule has 0 saturated carbocycles. The van der Waals surface area contributed by atoms with E-state index in [1.807, 2.05) is 18.7 Å². The number of hydrogen-bond donors (Lipinski definition) is 1.